The lowest BCUT2D eigenvalue weighted by molar-refractivity contribution is -0.387. The van der Waals surface area contributed by atoms with Crippen LogP contribution in [0.2, 0.25) is 0 Å². The molecule has 6 nitrogen and oxygen atoms in total. The number of aryl methyl sites for hydroxylation is 1. The predicted octanol–water partition coefficient (Wildman–Crippen LogP) is 4.39. The molecule has 3 rings (SSSR count). The van der Waals surface area contributed by atoms with Gasteiger partial charge in [0.05, 0.1) is 10.6 Å². The third kappa shape index (κ3) is 3.53. The van der Waals surface area contributed by atoms with Crippen LogP contribution in [-0.2, 0) is 6.54 Å². The Morgan fingerprint density at radius 1 is 1.32 bits per heavy atom. The molecule has 2 heterocycles. The van der Waals surface area contributed by atoms with Crippen LogP contribution in [0.1, 0.15) is 25.0 Å². The lowest BCUT2D eigenvalue weighted by atomic mass is 10.1. The maximum absolute atomic E-state index is 14.1. The summed E-state index contributed by atoms with van der Waals surface area (Å²) < 4.78 is 15.5. The maximum Gasteiger partial charge on any atom is 0.323 e. The summed E-state index contributed by atoms with van der Waals surface area (Å²) in [6.07, 6.45) is 0. The number of fused-ring (bicyclic) bond motifs is 1. The molecule has 25 heavy (non-hydrogen) atoms. The number of hydrogen-bond donors (Lipinski definition) is 1. The van der Waals surface area contributed by atoms with E-state index < -0.39 is 10.7 Å². The van der Waals surface area contributed by atoms with Crippen LogP contribution in [0.25, 0.3) is 0 Å². The smallest absolute Gasteiger partial charge is 0.323 e. The van der Waals surface area contributed by atoms with Gasteiger partial charge in [-0.2, -0.15) is 0 Å². The molecule has 1 aromatic heterocycles. The van der Waals surface area contributed by atoms with Crippen molar-refractivity contribution in [2.75, 3.05) is 11.1 Å². The number of anilines is 2. The molecule has 134 valence electrons. The first-order chi connectivity index (χ1) is 11.9. The van der Waals surface area contributed by atoms with Crippen LogP contribution in [0.4, 0.5) is 21.5 Å². The predicted molar refractivity (Wildman–Crippen MR) is 98.6 cm³/mol. The number of hydrogen-bond acceptors (Lipinski definition) is 5. The Balaban J connectivity index is 0.00000109. The number of rotatable bonds is 3. The van der Waals surface area contributed by atoms with Crippen molar-refractivity contribution in [2.45, 2.75) is 39.3 Å². The van der Waals surface area contributed by atoms with E-state index in [2.05, 4.69) is 5.32 Å². The number of thioether (sulfide) groups is 1. The molecule has 0 aliphatic carbocycles. The fraction of sp³-hybridized carbons (Fsp3) is 0.353. The monoisotopic (exact) mass is 365 g/mol. The van der Waals surface area contributed by atoms with Crippen molar-refractivity contribution < 1.29 is 9.31 Å². The fourth-order valence-corrected chi connectivity index (χ4v) is 3.69. The topological polar surface area (TPSA) is 77.2 Å². The third-order valence-electron chi connectivity index (χ3n) is 3.75. The summed E-state index contributed by atoms with van der Waals surface area (Å²) in [7, 11) is 0. The van der Waals surface area contributed by atoms with Gasteiger partial charge < -0.3 is 5.32 Å². The van der Waals surface area contributed by atoms with Crippen molar-refractivity contribution in [3.05, 3.63) is 55.6 Å². The molecule has 0 amide bonds. The van der Waals surface area contributed by atoms with Gasteiger partial charge in [0.25, 0.3) is 5.56 Å². The van der Waals surface area contributed by atoms with Crippen LogP contribution in [0.3, 0.4) is 0 Å². The van der Waals surface area contributed by atoms with Crippen molar-refractivity contribution in [3.8, 4) is 0 Å². The Hall–Kier alpha value is -2.35. The maximum atomic E-state index is 14.1. The standard InChI is InChI=1S/C15H14FN3O3S.C2H6/c1-8-3-4-11(10(16)7-8)17-12-9(2)14(20)18-5-6-23-15(18)13(12)19(21)22;1-2/h3-4,7,17H,5-6H2,1-2H3;1-2H3. The Labute approximate surface area is 149 Å². The normalized spacial score (nSPS) is 12.2. The summed E-state index contributed by atoms with van der Waals surface area (Å²) in [4.78, 5) is 23.4. The fourth-order valence-electron chi connectivity index (χ4n) is 2.58. The van der Waals surface area contributed by atoms with E-state index in [1.165, 1.54) is 35.4 Å². The molecule has 0 atom stereocenters. The highest BCUT2D eigenvalue weighted by molar-refractivity contribution is 7.99. The van der Waals surface area contributed by atoms with E-state index in [9.17, 15) is 19.3 Å². The van der Waals surface area contributed by atoms with Gasteiger partial charge >= 0.3 is 5.69 Å². The molecule has 0 fully saturated rings. The van der Waals surface area contributed by atoms with Crippen molar-refractivity contribution in [1.82, 2.24) is 4.57 Å². The van der Waals surface area contributed by atoms with Gasteiger partial charge in [-0.15, -0.1) is 0 Å². The molecule has 0 saturated carbocycles. The van der Waals surface area contributed by atoms with Crippen LogP contribution in [0.5, 0.6) is 0 Å². The minimum Gasteiger partial charge on any atom is -0.347 e. The van der Waals surface area contributed by atoms with Crippen molar-refractivity contribution in [1.29, 1.82) is 0 Å². The highest BCUT2D eigenvalue weighted by atomic mass is 32.2. The summed E-state index contributed by atoms with van der Waals surface area (Å²) >= 11 is 1.26. The molecule has 8 heteroatoms. The first kappa shape index (κ1) is 19.0. The number of aromatic nitrogens is 1. The Kier molecular flexibility index (Phi) is 5.84. The van der Waals surface area contributed by atoms with E-state index in [0.29, 0.717) is 17.3 Å². The van der Waals surface area contributed by atoms with Gasteiger partial charge in [0, 0.05) is 17.9 Å². The highest BCUT2D eigenvalue weighted by Crippen LogP contribution is 2.40. The second kappa shape index (κ2) is 7.69. The molecular formula is C17H20FN3O3S. The molecule has 1 aliphatic rings. The molecule has 0 unspecified atom stereocenters. The van der Waals surface area contributed by atoms with Crippen LogP contribution in [0.15, 0.2) is 28.0 Å². The number of nitrogens with one attached hydrogen (secondary N) is 1. The van der Waals surface area contributed by atoms with E-state index in [1.54, 1.807) is 13.0 Å². The number of benzene rings is 1. The number of pyridine rings is 1. The van der Waals surface area contributed by atoms with Crippen LogP contribution in [0, 0.1) is 29.8 Å². The summed E-state index contributed by atoms with van der Waals surface area (Å²) in [6.45, 7) is 7.71. The van der Waals surface area contributed by atoms with E-state index >= 15 is 0 Å². The van der Waals surface area contributed by atoms with Gasteiger partial charge in [-0.25, -0.2) is 4.39 Å². The van der Waals surface area contributed by atoms with E-state index in [0.717, 1.165) is 5.56 Å². The number of nitro groups is 1. The van der Waals surface area contributed by atoms with Crippen LogP contribution < -0.4 is 10.9 Å². The van der Waals surface area contributed by atoms with Crippen molar-refractivity contribution in [3.63, 3.8) is 0 Å². The number of nitrogens with zero attached hydrogens (tertiary/aromatic N) is 2. The first-order valence-electron chi connectivity index (χ1n) is 7.98. The largest absolute Gasteiger partial charge is 0.347 e. The molecular weight excluding hydrogens is 345 g/mol. The zero-order chi connectivity index (χ0) is 18.7. The number of halogens is 1. The van der Waals surface area contributed by atoms with Gasteiger partial charge in [0.1, 0.15) is 11.5 Å². The Morgan fingerprint density at radius 2 is 2.00 bits per heavy atom. The minimum absolute atomic E-state index is 0.0587. The molecule has 0 radical (unpaired) electrons. The first-order valence-corrected chi connectivity index (χ1v) is 8.96. The summed E-state index contributed by atoms with van der Waals surface area (Å²) in [5.41, 5.74) is 0.652. The molecule has 1 N–H and O–H groups in total. The van der Waals surface area contributed by atoms with Crippen molar-refractivity contribution in [2.24, 2.45) is 0 Å². The molecule has 0 saturated heterocycles. The average Bonchev–Trinajstić information content (AvgIpc) is 3.05. The van der Waals surface area contributed by atoms with Gasteiger partial charge in [-0.05, 0) is 31.5 Å². The van der Waals surface area contributed by atoms with E-state index in [4.69, 9.17) is 0 Å². The van der Waals surface area contributed by atoms with Gasteiger partial charge in [-0.1, -0.05) is 31.7 Å². The quantitative estimate of drug-likeness (QED) is 0.645. The second-order valence-corrected chi connectivity index (χ2v) is 6.41. The Bertz CT molecular complexity index is 880. The average molecular weight is 365 g/mol. The van der Waals surface area contributed by atoms with Gasteiger partial charge in [-0.3, -0.25) is 19.5 Å². The molecule has 0 spiro atoms. The highest BCUT2D eigenvalue weighted by Gasteiger charge is 2.31. The van der Waals surface area contributed by atoms with Gasteiger partial charge in [0.2, 0.25) is 0 Å². The SMILES string of the molecule is CC.Cc1ccc(Nc2c([N+](=O)[O-])c3n(c(=O)c2C)CCS3)c(F)c1. The molecule has 0 bridgehead atoms. The lowest BCUT2D eigenvalue weighted by Crippen LogP contribution is -2.24. The van der Waals surface area contributed by atoms with Crippen molar-refractivity contribution >= 4 is 28.8 Å². The summed E-state index contributed by atoms with van der Waals surface area (Å²) in [5.74, 6) is 0.0877. The molecule has 1 aliphatic heterocycles. The van der Waals surface area contributed by atoms with E-state index in [-0.39, 0.29) is 28.2 Å². The zero-order valence-electron chi connectivity index (χ0n) is 14.6. The lowest BCUT2D eigenvalue weighted by Gasteiger charge is -2.14. The summed E-state index contributed by atoms with van der Waals surface area (Å²) in [5, 5.41) is 14.6. The molecule has 2 aromatic rings. The van der Waals surface area contributed by atoms with Crippen LogP contribution in [-0.4, -0.2) is 15.2 Å². The third-order valence-corrected chi connectivity index (χ3v) is 4.82. The zero-order valence-corrected chi connectivity index (χ0v) is 15.4. The minimum atomic E-state index is -0.523. The van der Waals surface area contributed by atoms with Gasteiger partial charge in [0.15, 0.2) is 5.03 Å². The summed E-state index contributed by atoms with van der Waals surface area (Å²) in [6, 6.07) is 4.53. The Morgan fingerprint density at radius 3 is 2.60 bits per heavy atom. The van der Waals surface area contributed by atoms with E-state index in [1.807, 2.05) is 13.8 Å². The van der Waals surface area contributed by atoms with Crippen LogP contribution >= 0.6 is 11.8 Å². The second-order valence-electron chi connectivity index (χ2n) is 5.32. The molecule has 1 aromatic carbocycles.